The minimum atomic E-state index is -0.718. The summed E-state index contributed by atoms with van der Waals surface area (Å²) in [5.41, 5.74) is 0.561. The van der Waals surface area contributed by atoms with Gasteiger partial charge in [-0.2, -0.15) is 4.98 Å². The largest absolute Gasteiger partial charge is 0.387 e. The smallest absolute Gasteiger partial charge is 0.263 e. The third-order valence-corrected chi connectivity index (χ3v) is 3.89. The van der Waals surface area contributed by atoms with Gasteiger partial charge in [0.05, 0.1) is 11.3 Å². The molecular formula is C14H21N5O2. The molecule has 1 saturated heterocycles. The summed E-state index contributed by atoms with van der Waals surface area (Å²) < 4.78 is 5.20. The van der Waals surface area contributed by atoms with E-state index in [1.54, 1.807) is 0 Å². The molecule has 21 heavy (non-hydrogen) atoms. The lowest BCUT2D eigenvalue weighted by Crippen LogP contribution is -2.53. The van der Waals surface area contributed by atoms with Crippen molar-refractivity contribution in [1.29, 1.82) is 0 Å². The summed E-state index contributed by atoms with van der Waals surface area (Å²) in [6.07, 6.45) is 3.22. The standard InChI is InChI=1S/C14H21N5O2/c1-10-11-12(15-9-16-13(11)21-17-10)19-6-4-5-14(20,8-19)7-18(2)3/h9,20H,4-8H2,1-3H3. The van der Waals surface area contributed by atoms with Gasteiger partial charge in [-0.1, -0.05) is 5.16 Å². The highest BCUT2D eigenvalue weighted by molar-refractivity contribution is 5.87. The molecule has 1 N–H and O–H groups in total. The molecule has 0 bridgehead atoms. The van der Waals surface area contributed by atoms with Crippen LogP contribution in [0, 0.1) is 6.92 Å². The van der Waals surface area contributed by atoms with Crippen molar-refractivity contribution in [1.82, 2.24) is 20.0 Å². The molecule has 2 aromatic rings. The highest BCUT2D eigenvalue weighted by Gasteiger charge is 2.35. The van der Waals surface area contributed by atoms with Crippen molar-refractivity contribution >= 4 is 16.9 Å². The van der Waals surface area contributed by atoms with Gasteiger partial charge in [-0.3, -0.25) is 0 Å². The SMILES string of the molecule is Cc1noc2ncnc(N3CCCC(O)(CN(C)C)C3)c12. The Morgan fingerprint density at radius 3 is 3.00 bits per heavy atom. The van der Waals surface area contributed by atoms with Crippen molar-refractivity contribution in [3.8, 4) is 0 Å². The van der Waals surface area contributed by atoms with Crippen molar-refractivity contribution in [2.75, 3.05) is 38.6 Å². The predicted octanol–water partition coefficient (Wildman–Crippen LogP) is 0.819. The molecule has 1 fully saturated rings. The van der Waals surface area contributed by atoms with E-state index in [1.807, 2.05) is 25.9 Å². The van der Waals surface area contributed by atoms with Crippen LogP contribution < -0.4 is 4.90 Å². The fourth-order valence-electron chi connectivity index (χ4n) is 3.15. The van der Waals surface area contributed by atoms with Crippen molar-refractivity contribution in [2.45, 2.75) is 25.4 Å². The van der Waals surface area contributed by atoms with E-state index in [-0.39, 0.29) is 0 Å². The maximum atomic E-state index is 10.8. The second kappa shape index (κ2) is 5.23. The zero-order valence-electron chi connectivity index (χ0n) is 12.7. The summed E-state index contributed by atoms with van der Waals surface area (Å²) in [6.45, 7) is 3.95. The number of fused-ring (bicyclic) bond motifs is 1. The molecule has 7 heteroatoms. The quantitative estimate of drug-likeness (QED) is 0.896. The van der Waals surface area contributed by atoms with Crippen LogP contribution in [-0.4, -0.2) is 64.5 Å². The number of rotatable bonds is 3. The average molecular weight is 291 g/mol. The third-order valence-electron chi connectivity index (χ3n) is 3.89. The van der Waals surface area contributed by atoms with Crippen LogP contribution in [0.4, 0.5) is 5.82 Å². The van der Waals surface area contributed by atoms with Gasteiger partial charge in [-0.25, -0.2) is 4.98 Å². The van der Waals surface area contributed by atoms with E-state index in [2.05, 4.69) is 20.0 Å². The number of hydrogen-bond acceptors (Lipinski definition) is 7. The molecule has 0 aromatic carbocycles. The number of anilines is 1. The molecule has 1 unspecified atom stereocenters. The van der Waals surface area contributed by atoms with Gasteiger partial charge in [0.2, 0.25) is 0 Å². The lowest BCUT2D eigenvalue weighted by atomic mass is 9.92. The first kappa shape index (κ1) is 14.2. The Bertz CT molecular complexity index is 641. The normalized spacial score (nSPS) is 23.2. The molecule has 0 saturated carbocycles. The number of likely N-dealkylation sites (N-methyl/N-ethyl adjacent to an activating group) is 1. The molecule has 2 aromatic heterocycles. The summed E-state index contributed by atoms with van der Waals surface area (Å²) in [5, 5.41) is 15.6. The van der Waals surface area contributed by atoms with Crippen LogP contribution in [0.25, 0.3) is 11.1 Å². The first-order valence-electron chi connectivity index (χ1n) is 7.17. The lowest BCUT2D eigenvalue weighted by Gasteiger charge is -2.41. The Kier molecular flexibility index (Phi) is 3.54. The number of aryl methyl sites for hydroxylation is 1. The zero-order valence-corrected chi connectivity index (χ0v) is 12.7. The van der Waals surface area contributed by atoms with Gasteiger partial charge in [-0.05, 0) is 33.9 Å². The van der Waals surface area contributed by atoms with Crippen LogP contribution in [0.15, 0.2) is 10.9 Å². The summed E-state index contributed by atoms with van der Waals surface area (Å²) in [6, 6.07) is 0. The van der Waals surface area contributed by atoms with Crippen LogP contribution in [0.2, 0.25) is 0 Å². The molecule has 1 atom stereocenters. The zero-order chi connectivity index (χ0) is 15.0. The van der Waals surface area contributed by atoms with E-state index in [0.29, 0.717) is 18.8 Å². The van der Waals surface area contributed by atoms with Gasteiger partial charge < -0.3 is 19.4 Å². The maximum Gasteiger partial charge on any atom is 0.263 e. The second-order valence-corrected chi connectivity index (χ2v) is 6.13. The van der Waals surface area contributed by atoms with Gasteiger partial charge in [-0.15, -0.1) is 0 Å². The lowest BCUT2D eigenvalue weighted by molar-refractivity contribution is 0.00358. The van der Waals surface area contributed by atoms with Gasteiger partial charge in [0.15, 0.2) is 0 Å². The number of piperidine rings is 1. The summed E-state index contributed by atoms with van der Waals surface area (Å²) >= 11 is 0. The molecule has 7 nitrogen and oxygen atoms in total. The number of hydrogen-bond donors (Lipinski definition) is 1. The Morgan fingerprint density at radius 2 is 2.24 bits per heavy atom. The average Bonchev–Trinajstić information content (AvgIpc) is 2.79. The Labute approximate surface area is 123 Å². The summed E-state index contributed by atoms with van der Waals surface area (Å²) in [7, 11) is 3.95. The highest BCUT2D eigenvalue weighted by atomic mass is 16.5. The Balaban J connectivity index is 1.93. The minimum Gasteiger partial charge on any atom is -0.387 e. The summed E-state index contributed by atoms with van der Waals surface area (Å²) in [4.78, 5) is 12.6. The number of aromatic nitrogens is 3. The van der Waals surface area contributed by atoms with E-state index in [9.17, 15) is 5.11 Å². The van der Waals surface area contributed by atoms with Crippen molar-refractivity contribution in [3.63, 3.8) is 0 Å². The first-order valence-corrected chi connectivity index (χ1v) is 7.17. The van der Waals surface area contributed by atoms with E-state index < -0.39 is 5.60 Å². The van der Waals surface area contributed by atoms with Crippen molar-refractivity contribution in [3.05, 3.63) is 12.0 Å². The van der Waals surface area contributed by atoms with E-state index in [1.165, 1.54) is 6.33 Å². The Hall–Kier alpha value is -1.73. The molecule has 3 rings (SSSR count). The number of β-amino-alcohol motifs (C(OH)–C–C–N with tert-alkyl or cyclic N) is 1. The van der Waals surface area contributed by atoms with Crippen molar-refractivity contribution in [2.24, 2.45) is 0 Å². The first-order chi connectivity index (χ1) is 9.98. The van der Waals surface area contributed by atoms with Crippen LogP contribution in [0.5, 0.6) is 0 Å². The fraction of sp³-hybridized carbons (Fsp3) is 0.643. The molecule has 114 valence electrons. The van der Waals surface area contributed by atoms with Crippen LogP contribution in [0.1, 0.15) is 18.5 Å². The van der Waals surface area contributed by atoms with Crippen LogP contribution in [-0.2, 0) is 0 Å². The molecule has 1 aliphatic rings. The topological polar surface area (TPSA) is 78.5 Å². The predicted molar refractivity (Wildman–Crippen MR) is 79.3 cm³/mol. The van der Waals surface area contributed by atoms with Crippen LogP contribution >= 0.6 is 0 Å². The number of aliphatic hydroxyl groups is 1. The fourth-order valence-corrected chi connectivity index (χ4v) is 3.15. The molecule has 0 radical (unpaired) electrons. The third kappa shape index (κ3) is 2.71. The molecule has 1 aliphatic heterocycles. The van der Waals surface area contributed by atoms with Crippen molar-refractivity contribution < 1.29 is 9.63 Å². The molecule has 0 spiro atoms. The molecule has 3 heterocycles. The van der Waals surface area contributed by atoms with Gasteiger partial charge in [0.1, 0.15) is 17.5 Å². The summed E-state index contributed by atoms with van der Waals surface area (Å²) in [5.74, 6) is 0.802. The van der Waals surface area contributed by atoms with E-state index in [0.717, 1.165) is 36.3 Å². The molecule has 0 amide bonds. The van der Waals surface area contributed by atoms with Gasteiger partial charge in [0, 0.05) is 19.6 Å². The Morgan fingerprint density at radius 1 is 1.43 bits per heavy atom. The maximum absolute atomic E-state index is 10.8. The van der Waals surface area contributed by atoms with Crippen LogP contribution in [0.3, 0.4) is 0 Å². The van der Waals surface area contributed by atoms with E-state index >= 15 is 0 Å². The highest BCUT2D eigenvalue weighted by Crippen LogP contribution is 2.30. The van der Waals surface area contributed by atoms with E-state index in [4.69, 9.17) is 4.52 Å². The van der Waals surface area contributed by atoms with Gasteiger partial charge >= 0.3 is 0 Å². The number of nitrogens with zero attached hydrogens (tertiary/aromatic N) is 5. The monoisotopic (exact) mass is 291 g/mol. The second-order valence-electron chi connectivity index (χ2n) is 6.13. The van der Waals surface area contributed by atoms with Gasteiger partial charge in [0.25, 0.3) is 5.71 Å². The molecular weight excluding hydrogens is 270 g/mol. The minimum absolute atomic E-state index is 0.499. The molecule has 0 aliphatic carbocycles.